The van der Waals surface area contributed by atoms with Gasteiger partial charge in [0, 0.05) is 70.5 Å². The highest BCUT2D eigenvalue weighted by Crippen LogP contribution is 2.46. The van der Waals surface area contributed by atoms with Crippen molar-refractivity contribution in [3.8, 4) is 0 Å². The minimum atomic E-state index is -1.08. The molecule has 1 heterocycles. The molecule has 0 radical (unpaired) electrons. The number of carbonyl (C=O) groups excluding carboxylic acids is 1. The van der Waals surface area contributed by atoms with Gasteiger partial charge in [-0.2, -0.15) is 0 Å². The van der Waals surface area contributed by atoms with E-state index in [-0.39, 0.29) is 5.97 Å². The lowest BCUT2D eigenvalue weighted by atomic mass is 9.81. The molecule has 204 valence electrons. The number of hydrogen-bond acceptors (Lipinski definition) is 5. The molecule has 4 aromatic carbocycles. The van der Waals surface area contributed by atoms with Crippen LogP contribution in [-0.4, -0.2) is 48.3 Å². The predicted octanol–water partition coefficient (Wildman–Crippen LogP) is 6.74. The van der Waals surface area contributed by atoms with Crippen LogP contribution in [-0.2, 0) is 10.3 Å². The summed E-state index contributed by atoms with van der Waals surface area (Å²) in [6.07, 6.45) is 2.13. The van der Waals surface area contributed by atoms with E-state index in [0.717, 1.165) is 50.5 Å². The Morgan fingerprint density at radius 1 is 0.650 bits per heavy atom. The lowest BCUT2D eigenvalue weighted by molar-refractivity contribution is 0.0276. The molecule has 0 fully saturated rings. The zero-order valence-corrected chi connectivity index (χ0v) is 24.4. The molecular formula is C35H37N3O2. The average molecular weight is 532 g/mol. The van der Waals surface area contributed by atoms with Gasteiger partial charge in [-0.3, -0.25) is 0 Å². The first kappa shape index (κ1) is 27.1. The third kappa shape index (κ3) is 4.95. The van der Waals surface area contributed by atoms with Gasteiger partial charge in [0.05, 0.1) is 5.56 Å². The first-order chi connectivity index (χ1) is 19.1. The van der Waals surface area contributed by atoms with Crippen LogP contribution in [0, 0.1) is 6.92 Å². The van der Waals surface area contributed by atoms with E-state index in [1.54, 1.807) is 0 Å². The third-order valence-electron chi connectivity index (χ3n) is 7.61. The Kier molecular flexibility index (Phi) is 7.16. The topological polar surface area (TPSA) is 36.0 Å². The Balaban J connectivity index is 1.78. The number of nitrogens with zero attached hydrogens (tertiary/aromatic N) is 3. The predicted molar refractivity (Wildman–Crippen MR) is 167 cm³/mol. The molecule has 1 aliphatic rings. The number of ether oxygens (including phenoxy) is 1. The Bertz CT molecular complexity index is 1500. The van der Waals surface area contributed by atoms with Gasteiger partial charge in [-0.1, -0.05) is 60.2 Å². The van der Waals surface area contributed by atoms with Gasteiger partial charge in [0.2, 0.25) is 0 Å². The number of esters is 1. The molecule has 0 spiro atoms. The van der Waals surface area contributed by atoms with Gasteiger partial charge in [-0.05, 0) is 66.1 Å². The van der Waals surface area contributed by atoms with Crippen LogP contribution < -0.4 is 14.7 Å². The molecule has 40 heavy (non-hydrogen) atoms. The van der Waals surface area contributed by atoms with E-state index in [9.17, 15) is 4.79 Å². The molecule has 0 N–H and O–H groups in total. The SMILES string of the molecule is Cc1ccc(C2(C=C(c3ccc(N(C)C)cc3)c3ccc(N(C)C)cc3)OC(=O)c3cc(N(C)C)ccc32)cc1. The molecule has 0 bridgehead atoms. The molecule has 5 nitrogen and oxygen atoms in total. The highest BCUT2D eigenvalue weighted by atomic mass is 16.6. The quantitative estimate of drug-likeness (QED) is 0.247. The van der Waals surface area contributed by atoms with Gasteiger partial charge in [0.1, 0.15) is 0 Å². The van der Waals surface area contributed by atoms with Gasteiger partial charge < -0.3 is 19.4 Å². The number of fused-ring (bicyclic) bond motifs is 1. The van der Waals surface area contributed by atoms with Crippen LogP contribution >= 0.6 is 0 Å². The third-order valence-corrected chi connectivity index (χ3v) is 7.61. The van der Waals surface area contributed by atoms with Crippen LogP contribution in [0.15, 0.2) is 97.1 Å². The highest BCUT2D eigenvalue weighted by molar-refractivity contribution is 5.98. The van der Waals surface area contributed by atoms with Crippen molar-refractivity contribution in [3.63, 3.8) is 0 Å². The van der Waals surface area contributed by atoms with Crippen molar-refractivity contribution >= 4 is 28.6 Å². The molecule has 5 heteroatoms. The lowest BCUT2D eigenvalue weighted by Crippen LogP contribution is -2.26. The summed E-state index contributed by atoms with van der Waals surface area (Å²) in [5.41, 5.74) is 8.69. The second-order valence-corrected chi connectivity index (χ2v) is 11.1. The van der Waals surface area contributed by atoms with Crippen molar-refractivity contribution in [3.05, 3.63) is 130 Å². The van der Waals surface area contributed by atoms with Crippen LogP contribution in [0.25, 0.3) is 5.57 Å². The summed E-state index contributed by atoms with van der Waals surface area (Å²) < 4.78 is 6.43. The number of aryl methyl sites for hydroxylation is 1. The van der Waals surface area contributed by atoms with E-state index in [2.05, 4.69) is 102 Å². The molecule has 0 saturated carbocycles. The van der Waals surface area contributed by atoms with Crippen molar-refractivity contribution in [1.29, 1.82) is 0 Å². The number of carbonyl (C=O) groups is 1. The normalized spacial score (nSPS) is 15.7. The molecule has 4 aromatic rings. The molecule has 0 aromatic heterocycles. The fourth-order valence-corrected chi connectivity index (χ4v) is 5.18. The van der Waals surface area contributed by atoms with Gasteiger partial charge >= 0.3 is 5.97 Å². The van der Waals surface area contributed by atoms with E-state index in [0.29, 0.717) is 5.56 Å². The second-order valence-electron chi connectivity index (χ2n) is 11.1. The van der Waals surface area contributed by atoms with Crippen molar-refractivity contribution in [2.75, 3.05) is 57.0 Å². The largest absolute Gasteiger partial charge is 0.441 e. The number of anilines is 3. The summed E-state index contributed by atoms with van der Waals surface area (Å²) >= 11 is 0. The van der Waals surface area contributed by atoms with E-state index < -0.39 is 5.60 Å². The second kappa shape index (κ2) is 10.6. The first-order valence-corrected chi connectivity index (χ1v) is 13.5. The van der Waals surface area contributed by atoms with Gasteiger partial charge in [0.15, 0.2) is 5.60 Å². The summed E-state index contributed by atoms with van der Waals surface area (Å²) in [5, 5.41) is 0. The Hall–Kier alpha value is -4.51. The Morgan fingerprint density at radius 2 is 1.12 bits per heavy atom. The van der Waals surface area contributed by atoms with Crippen molar-refractivity contribution in [2.45, 2.75) is 12.5 Å². The van der Waals surface area contributed by atoms with E-state index >= 15 is 0 Å². The standard InChI is InChI=1S/C35H37N3O2/c1-24-8-14-27(15-9-24)35(33-21-20-30(38(6)7)22-31(33)34(39)40-35)23-32(25-10-16-28(17-11-25)36(2)3)26-12-18-29(19-13-26)37(4)5/h8-23H,1-7H3. The Morgan fingerprint density at radius 3 is 1.60 bits per heavy atom. The molecule has 0 amide bonds. The van der Waals surface area contributed by atoms with Crippen LogP contribution in [0.5, 0.6) is 0 Å². The smallest absolute Gasteiger partial charge is 0.340 e. The summed E-state index contributed by atoms with van der Waals surface area (Å²) in [6, 6.07) is 31.3. The molecular weight excluding hydrogens is 494 g/mol. The van der Waals surface area contributed by atoms with E-state index in [4.69, 9.17) is 4.74 Å². The highest BCUT2D eigenvalue weighted by Gasteiger charge is 2.46. The fourth-order valence-electron chi connectivity index (χ4n) is 5.18. The fraction of sp³-hybridized carbons (Fsp3) is 0.229. The van der Waals surface area contributed by atoms with E-state index in [1.807, 2.05) is 59.3 Å². The molecule has 0 aliphatic carbocycles. The van der Waals surface area contributed by atoms with Gasteiger partial charge in [0.25, 0.3) is 0 Å². The molecule has 1 atom stereocenters. The summed E-state index contributed by atoms with van der Waals surface area (Å²) in [6.45, 7) is 2.06. The van der Waals surface area contributed by atoms with Crippen molar-refractivity contribution < 1.29 is 9.53 Å². The number of cyclic esters (lactones) is 1. The average Bonchev–Trinajstić information content (AvgIpc) is 3.23. The maximum absolute atomic E-state index is 13.5. The van der Waals surface area contributed by atoms with Gasteiger partial charge in [-0.25, -0.2) is 4.79 Å². The van der Waals surface area contributed by atoms with Crippen LogP contribution in [0.4, 0.5) is 17.1 Å². The van der Waals surface area contributed by atoms with Crippen molar-refractivity contribution in [1.82, 2.24) is 0 Å². The minimum absolute atomic E-state index is 0.319. The summed E-state index contributed by atoms with van der Waals surface area (Å²) in [7, 11) is 12.1. The van der Waals surface area contributed by atoms with Crippen LogP contribution in [0.2, 0.25) is 0 Å². The molecule has 1 unspecified atom stereocenters. The monoisotopic (exact) mass is 531 g/mol. The number of benzene rings is 4. The molecule has 5 rings (SSSR count). The maximum atomic E-state index is 13.5. The van der Waals surface area contributed by atoms with Crippen LogP contribution in [0.3, 0.4) is 0 Å². The van der Waals surface area contributed by atoms with Gasteiger partial charge in [-0.15, -0.1) is 0 Å². The van der Waals surface area contributed by atoms with Crippen LogP contribution in [0.1, 0.15) is 38.2 Å². The first-order valence-electron chi connectivity index (χ1n) is 13.5. The summed E-state index contributed by atoms with van der Waals surface area (Å²) in [4.78, 5) is 19.7. The Labute approximate surface area is 237 Å². The summed E-state index contributed by atoms with van der Waals surface area (Å²) in [5.74, 6) is -0.319. The lowest BCUT2D eigenvalue weighted by Gasteiger charge is -2.28. The zero-order valence-electron chi connectivity index (χ0n) is 24.4. The minimum Gasteiger partial charge on any atom is -0.441 e. The molecule has 0 saturated heterocycles. The maximum Gasteiger partial charge on any atom is 0.340 e. The van der Waals surface area contributed by atoms with E-state index in [1.165, 1.54) is 0 Å². The number of rotatable bonds is 7. The number of hydrogen-bond donors (Lipinski definition) is 0. The van der Waals surface area contributed by atoms with Crippen molar-refractivity contribution in [2.24, 2.45) is 0 Å². The zero-order chi connectivity index (χ0) is 28.6. The molecule has 1 aliphatic heterocycles.